The summed E-state index contributed by atoms with van der Waals surface area (Å²) in [4.78, 5) is 8.41. The van der Waals surface area contributed by atoms with Crippen LogP contribution in [-0.4, -0.2) is 42.0 Å². The van der Waals surface area contributed by atoms with Crippen LogP contribution in [0.15, 0.2) is 12.1 Å². The third-order valence-electron chi connectivity index (χ3n) is 4.12. The van der Waals surface area contributed by atoms with Crippen LogP contribution in [0.1, 0.15) is 29.5 Å². The summed E-state index contributed by atoms with van der Waals surface area (Å²) in [5.41, 5.74) is 0. The second kappa shape index (κ2) is 5.09. The molecule has 94 valence electrons. The first-order valence-electron chi connectivity index (χ1n) is 6.89. The molecule has 1 aromatic heterocycles. The van der Waals surface area contributed by atoms with E-state index >= 15 is 0 Å². The maximum atomic E-state index is 2.68. The molecule has 1 atom stereocenters. The van der Waals surface area contributed by atoms with Crippen molar-refractivity contribution in [2.75, 3.05) is 26.2 Å². The summed E-state index contributed by atoms with van der Waals surface area (Å²) in [6, 6.07) is 5.48. The van der Waals surface area contributed by atoms with Crippen molar-refractivity contribution >= 4 is 11.3 Å². The third kappa shape index (κ3) is 2.56. The van der Waals surface area contributed by atoms with E-state index in [2.05, 4.69) is 28.9 Å². The lowest BCUT2D eigenvalue weighted by atomic mass is 10.1. The topological polar surface area (TPSA) is 6.48 Å². The Balaban J connectivity index is 1.58. The Bertz CT molecular complexity index is 374. The first-order chi connectivity index (χ1) is 8.35. The van der Waals surface area contributed by atoms with Crippen molar-refractivity contribution in [3.8, 4) is 0 Å². The molecule has 0 saturated carbocycles. The molecule has 2 aliphatic heterocycles. The number of aryl methyl sites for hydroxylation is 1. The molecule has 0 bridgehead atoms. The maximum Gasteiger partial charge on any atom is 0.0329 e. The summed E-state index contributed by atoms with van der Waals surface area (Å²) in [6.07, 6.45) is 4.01. The first kappa shape index (κ1) is 11.7. The van der Waals surface area contributed by atoms with E-state index in [0.717, 1.165) is 6.04 Å². The zero-order valence-electron chi connectivity index (χ0n) is 10.7. The van der Waals surface area contributed by atoms with Gasteiger partial charge in [0, 0.05) is 42.0 Å². The standard InChI is InChI=1S/C14H22N2S/c1-2-13-5-6-14(17-13)11-15-8-9-16-7-3-4-12(16)10-15/h5-6,12H,2-4,7-11H2,1H3. The molecule has 1 unspecified atom stereocenters. The van der Waals surface area contributed by atoms with Crippen molar-refractivity contribution < 1.29 is 0 Å². The second-order valence-corrected chi connectivity index (χ2v) is 6.54. The van der Waals surface area contributed by atoms with Gasteiger partial charge in [-0.05, 0) is 37.9 Å². The van der Waals surface area contributed by atoms with E-state index in [1.807, 2.05) is 11.3 Å². The highest BCUT2D eigenvalue weighted by atomic mass is 32.1. The minimum Gasteiger partial charge on any atom is -0.298 e. The fourth-order valence-electron chi connectivity index (χ4n) is 3.12. The van der Waals surface area contributed by atoms with Gasteiger partial charge in [-0.15, -0.1) is 11.3 Å². The van der Waals surface area contributed by atoms with Crippen LogP contribution in [0.25, 0.3) is 0 Å². The smallest absolute Gasteiger partial charge is 0.0329 e. The van der Waals surface area contributed by atoms with Crippen LogP contribution in [0.4, 0.5) is 0 Å². The lowest BCUT2D eigenvalue weighted by Gasteiger charge is -2.37. The van der Waals surface area contributed by atoms with Crippen molar-refractivity contribution in [3.63, 3.8) is 0 Å². The normalized spacial score (nSPS) is 26.3. The Morgan fingerprint density at radius 2 is 2.12 bits per heavy atom. The second-order valence-electron chi connectivity index (χ2n) is 5.29. The van der Waals surface area contributed by atoms with Gasteiger partial charge in [0.05, 0.1) is 0 Å². The van der Waals surface area contributed by atoms with Crippen molar-refractivity contribution in [1.82, 2.24) is 9.80 Å². The van der Waals surface area contributed by atoms with Gasteiger partial charge in [-0.1, -0.05) is 6.92 Å². The van der Waals surface area contributed by atoms with Crippen LogP contribution in [0.3, 0.4) is 0 Å². The van der Waals surface area contributed by atoms with E-state index in [1.165, 1.54) is 56.9 Å². The number of nitrogens with zero attached hydrogens (tertiary/aromatic N) is 2. The Morgan fingerprint density at radius 3 is 2.94 bits per heavy atom. The summed E-state index contributed by atoms with van der Waals surface area (Å²) >= 11 is 2.00. The van der Waals surface area contributed by atoms with Gasteiger partial charge in [0.2, 0.25) is 0 Å². The average Bonchev–Trinajstić information content (AvgIpc) is 2.96. The van der Waals surface area contributed by atoms with E-state index < -0.39 is 0 Å². The van der Waals surface area contributed by atoms with Crippen molar-refractivity contribution in [2.24, 2.45) is 0 Å². The molecule has 0 aromatic carbocycles. The van der Waals surface area contributed by atoms with E-state index in [0.29, 0.717) is 0 Å². The molecular formula is C14H22N2S. The zero-order valence-corrected chi connectivity index (χ0v) is 11.5. The molecule has 0 spiro atoms. The molecular weight excluding hydrogens is 228 g/mol. The number of rotatable bonds is 3. The quantitative estimate of drug-likeness (QED) is 0.813. The summed E-state index contributed by atoms with van der Waals surface area (Å²) in [5.74, 6) is 0. The highest BCUT2D eigenvalue weighted by Gasteiger charge is 2.30. The first-order valence-corrected chi connectivity index (χ1v) is 7.71. The lowest BCUT2D eigenvalue weighted by Crippen LogP contribution is -2.49. The summed E-state index contributed by atoms with van der Waals surface area (Å²) in [5, 5.41) is 0. The molecule has 0 N–H and O–H groups in total. The lowest BCUT2D eigenvalue weighted by molar-refractivity contribution is 0.100. The fraction of sp³-hybridized carbons (Fsp3) is 0.714. The van der Waals surface area contributed by atoms with Gasteiger partial charge in [-0.3, -0.25) is 9.80 Å². The number of hydrogen-bond acceptors (Lipinski definition) is 3. The van der Waals surface area contributed by atoms with Crippen molar-refractivity contribution in [3.05, 3.63) is 21.9 Å². The summed E-state index contributed by atoms with van der Waals surface area (Å²) in [7, 11) is 0. The van der Waals surface area contributed by atoms with Crippen LogP contribution >= 0.6 is 11.3 Å². The molecule has 2 saturated heterocycles. The predicted octanol–water partition coefficient (Wildman–Crippen LogP) is 2.59. The molecule has 2 aliphatic rings. The minimum atomic E-state index is 0.856. The van der Waals surface area contributed by atoms with Gasteiger partial charge in [0.15, 0.2) is 0 Å². The molecule has 0 aliphatic carbocycles. The third-order valence-corrected chi connectivity index (χ3v) is 5.33. The number of fused-ring (bicyclic) bond motifs is 1. The highest BCUT2D eigenvalue weighted by Crippen LogP contribution is 2.24. The van der Waals surface area contributed by atoms with Gasteiger partial charge in [0.25, 0.3) is 0 Å². The van der Waals surface area contributed by atoms with E-state index in [1.54, 1.807) is 4.88 Å². The maximum absolute atomic E-state index is 2.68. The Hall–Kier alpha value is -0.380. The monoisotopic (exact) mass is 250 g/mol. The Kier molecular flexibility index (Phi) is 3.50. The van der Waals surface area contributed by atoms with Crippen LogP contribution in [-0.2, 0) is 13.0 Å². The molecule has 17 heavy (non-hydrogen) atoms. The number of hydrogen-bond donors (Lipinski definition) is 0. The zero-order chi connectivity index (χ0) is 11.7. The Morgan fingerprint density at radius 1 is 1.24 bits per heavy atom. The van der Waals surface area contributed by atoms with Gasteiger partial charge in [-0.25, -0.2) is 0 Å². The average molecular weight is 250 g/mol. The van der Waals surface area contributed by atoms with Gasteiger partial charge in [-0.2, -0.15) is 0 Å². The molecule has 1 aromatic rings. The number of thiophene rings is 1. The molecule has 3 heterocycles. The molecule has 3 heteroatoms. The van der Waals surface area contributed by atoms with Crippen molar-refractivity contribution in [1.29, 1.82) is 0 Å². The van der Waals surface area contributed by atoms with Gasteiger partial charge >= 0.3 is 0 Å². The van der Waals surface area contributed by atoms with Crippen LogP contribution in [0.2, 0.25) is 0 Å². The molecule has 3 rings (SSSR count). The molecule has 2 nitrogen and oxygen atoms in total. The fourth-order valence-corrected chi connectivity index (χ4v) is 4.12. The minimum absolute atomic E-state index is 0.856. The Labute approximate surface area is 108 Å². The molecule has 0 amide bonds. The van der Waals surface area contributed by atoms with Gasteiger partial charge in [0.1, 0.15) is 0 Å². The molecule has 0 radical (unpaired) electrons. The van der Waals surface area contributed by atoms with E-state index in [4.69, 9.17) is 0 Å². The van der Waals surface area contributed by atoms with Crippen LogP contribution in [0, 0.1) is 0 Å². The highest BCUT2D eigenvalue weighted by molar-refractivity contribution is 7.11. The largest absolute Gasteiger partial charge is 0.298 e. The number of piperazine rings is 1. The van der Waals surface area contributed by atoms with Crippen LogP contribution in [0.5, 0.6) is 0 Å². The molecule has 2 fully saturated rings. The predicted molar refractivity (Wildman–Crippen MR) is 73.6 cm³/mol. The van der Waals surface area contributed by atoms with Gasteiger partial charge < -0.3 is 0 Å². The van der Waals surface area contributed by atoms with Crippen LogP contribution < -0.4 is 0 Å². The summed E-state index contributed by atoms with van der Waals surface area (Å²) < 4.78 is 0. The SMILES string of the molecule is CCc1ccc(CN2CCN3CCCC3C2)s1. The van der Waals surface area contributed by atoms with Crippen molar-refractivity contribution in [2.45, 2.75) is 38.8 Å². The van der Waals surface area contributed by atoms with E-state index in [-0.39, 0.29) is 0 Å². The van der Waals surface area contributed by atoms with E-state index in [9.17, 15) is 0 Å². The summed E-state index contributed by atoms with van der Waals surface area (Å²) in [6.45, 7) is 8.60.